The van der Waals surface area contributed by atoms with Crippen molar-refractivity contribution in [2.45, 2.75) is 24.2 Å². The molecule has 0 aliphatic carbocycles. The molecule has 0 saturated heterocycles. The predicted octanol–water partition coefficient (Wildman–Crippen LogP) is 1.77. The van der Waals surface area contributed by atoms with Crippen LogP contribution in [0, 0.1) is 0 Å². The minimum atomic E-state index is -0.107. The molecular formula is C13H15O3S. The van der Waals surface area contributed by atoms with E-state index < -0.39 is 0 Å². The molecule has 0 aliphatic heterocycles. The first-order valence-electron chi connectivity index (χ1n) is 5.45. The van der Waals surface area contributed by atoms with Crippen LogP contribution in [0.4, 0.5) is 0 Å². The van der Waals surface area contributed by atoms with E-state index in [0.29, 0.717) is 18.6 Å². The molecule has 17 heavy (non-hydrogen) atoms. The third kappa shape index (κ3) is 5.65. The van der Waals surface area contributed by atoms with Crippen LogP contribution in [-0.4, -0.2) is 29.5 Å². The number of rotatable bonds is 8. The topological polar surface area (TPSA) is 54.4 Å². The van der Waals surface area contributed by atoms with Gasteiger partial charge in [0.25, 0.3) is 0 Å². The van der Waals surface area contributed by atoms with Gasteiger partial charge in [0.05, 0.1) is 13.0 Å². The van der Waals surface area contributed by atoms with Gasteiger partial charge in [0.2, 0.25) is 6.29 Å². The monoisotopic (exact) mass is 251 g/mol. The molecule has 0 atom stereocenters. The van der Waals surface area contributed by atoms with Crippen LogP contribution in [0.2, 0.25) is 0 Å². The molecule has 1 aromatic carbocycles. The molecule has 4 heteroatoms. The van der Waals surface area contributed by atoms with Crippen LogP contribution < -0.4 is 0 Å². The highest BCUT2D eigenvalue weighted by Gasteiger charge is 2.02. The van der Waals surface area contributed by atoms with E-state index in [2.05, 4.69) is 0 Å². The number of aliphatic hydroxyl groups excluding tert-OH is 1. The summed E-state index contributed by atoms with van der Waals surface area (Å²) in [7, 11) is 0. The number of carbonyl (C=O) groups excluding carboxylic acids is 2. The molecule has 0 bridgehead atoms. The van der Waals surface area contributed by atoms with Crippen molar-refractivity contribution in [3.05, 3.63) is 29.8 Å². The largest absolute Gasteiger partial charge is 0.396 e. The first kappa shape index (κ1) is 13.9. The van der Waals surface area contributed by atoms with Crippen molar-refractivity contribution < 1.29 is 14.7 Å². The van der Waals surface area contributed by atoms with Crippen molar-refractivity contribution >= 4 is 23.8 Å². The van der Waals surface area contributed by atoms with Crippen molar-refractivity contribution in [2.24, 2.45) is 0 Å². The van der Waals surface area contributed by atoms with Gasteiger partial charge in [-0.1, -0.05) is 12.1 Å². The first-order valence-corrected chi connectivity index (χ1v) is 6.44. The van der Waals surface area contributed by atoms with Crippen molar-refractivity contribution in [1.29, 1.82) is 0 Å². The zero-order chi connectivity index (χ0) is 12.5. The SMILES string of the molecule is O=[C]CC(=O)CCc1ccc(SCCO)cc1. The van der Waals surface area contributed by atoms with Gasteiger partial charge in [-0.2, -0.15) is 0 Å². The standard InChI is InChI=1S/C13H15O3S/c14-8-7-12(16)4-1-11-2-5-13(6-3-11)17-10-9-15/h2-3,5-6,15H,1,4,7,9-10H2. The van der Waals surface area contributed by atoms with Crippen molar-refractivity contribution in [3.63, 3.8) is 0 Å². The van der Waals surface area contributed by atoms with E-state index in [0.717, 1.165) is 10.5 Å². The molecule has 0 aromatic heterocycles. The second kappa shape index (κ2) is 8.03. The van der Waals surface area contributed by atoms with E-state index in [1.165, 1.54) is 0 Å². The fraction of sp³-hybridized carbons (Fsp3) is 0.385. The van der Waals surface area contributed by atoms with Gasteiger partial charge in [-0.3, -0.25) is 9.59 Å². The fourth-order valence-corrected chi connectivity index (χ4v) is 2.02. The zero-order valence-corrected chi connectivity index (χ0v) is 10.3. The Hall–Kier alpha value is -1.13. The molecule has 0 heterocycles. The summed E-state index contributed by atoms with van der Waals surface area (Å²) in [6, 6.07) is 7.90. The van der Waals surface area contributed by atoms with Crippen LogP contribution in [0.1, 0.15) is 18.4 Å². The molecule has 1 N–H and O–H groups in total. The second-order valence-electron chi connectivity index (χ2n) is 3.58. The van der Waals surface area contributed by atoms with Crippen LogP contribution in [0.5, 0.6) is 0 Å². The van der Waals surface area contributed by atoms with Gasteiger partial charge in [-0.05, 0) is 24.1 Å². The summed E-state index contributed by atoms with van der Waals surface area (Å²) >= 11 is 1.59. The van der Waals surface area contributed by atoms with Crippen LogP contribution in [0.25, 0.3) is 0 Å². The lowest BCUT2D eigenvalue weighted by atomic mass is 10.1. The lowest BCUT2D eigenvalue weighted by Crippen LogP contribution is -2.00. The molecule has 0 fully saturated rings. The number of aryl methyl sites for hydroxylation is 1. The summed E-state index contributed by atoms with van der Waals surface area (Å²) < 4.78 is 0. The summed E-state index contributed by atoms with van der Waals surface area (Å²) in [5.74, 6) is 0.617. The molecule has 0 aliphatic rings. The van der Waals surface area contributed by atoms with Crippen molar-refractivity contribution in [1.82, 2.24) is 0 Å². The summed E-state index contributed by atoms with van der Waals surface area (Å²) in [6.07, 6.45) is 2.55. The normalized spacial score (nSPS) is 10.2. The van der Waals surface area contributed by atoms with Crippen LogP contribution in [-0.2, 0) is 16.0 Å². The maximum absolute atomic E-state index is 11.1. The van der Waals surface area contributed by atoms with E-state index in [9.17, 15) is 9.59 Å². The van der Waals surface area contributed by atoms with Gasteiger partial charge in [0.1, 0.15) is 5.78 Å². The van der Waals surface area contributed by atoms with E-state index >= 15 is 0 Å². The summed E-state index contributed by atoms with van der Waals surface area (Å²) in [5, 5.41) is 8.69. The third-order valence-electron chi connectivity index (χ3n) is 2.25. The number of carbonyl (C=O) groups is 1. The van der Waals surface area contributed by atoms with Gasteiger partial charge in [-0.25, -0.2) is 0 Å². The number of hydrogen-bond donors (Lipinski definition) is 1. The Morgan fingerprint density at radius 2 is 2.00 bits per heavy atom. The number of hydrogen-bond acceptors (Lipinski definition) is 4. The van der Waals surface area contributed by atoms with Crippen molar-refractivity contribution in [2.75, 3.05) is 12.4 Å². The average Bonchev–Trinajstić information content (AvgIpc) is 2.35. The Morgan fingerprint density at radius 3 is 2.59 bits per heavy atom. The number of benzene rings is 1. The Balaban J connectivity index is 2.39. The molecule has 0 saturated carbocycles. The minimum Gasteiger partial charge on any atom is -0.396 e. The van der Waals surface area contributed by atoms with Gasteiger partial charge in [-0.15, -0.1) is 11.8 Å². The van der Waals surface area contributed by atoms with Gasteiger partial charge < -0.3 is 5.11 Å². The summed E-state index contributed by atoms with van der Waals surface area (Å²) in [6.45, 7) is 0.170. The van der Waals surface area contributed by atoms with Crippen molar-refractivity contribution in [3.8, 4) is 0 Å². The van der Waals surface area contributed by atoms with Crippen LogP contribution in [0.3, 0.4) is 0 Å². The molecule has 91 valence electrons. The molecule has 3 nitrogen and oxygen atoms in total. The highest BCUT2D eigenvalue weighted by atomic mass is 32.2. The molecule has 1 rings (SSSR count). The maximum Gasteiger partial charge on any atom is 0.206 e. The van der Waals surface area contributed by atoms with Gasteiger partial charge in [0.15, 0.2) is 0 Å². The lowest BCUT2D eigenvalue weighted by Gasteiger charge is -2.02. The first-order chi connectivity index (χ1) is 8.26. The van der Waals surface area contributed by atoms with E-state index in [-0.39, 0.29) is 18.8 Å². The van der Waals surface area contributed by atoms with Gasteiger partial charge >= 0.3 is 0 Å². The predicted molar refractivity (Wildman–Crippen MR) is 67.9 cm³/mol. The number of ketones is 1. The second-order valence-corrected chi connectivity index (χ2v) is 4.74. The molecule has 0 unspecified atom stereocenters. The molecule has 1 radical (unpaired) electrons. The number of Topliss-reactive ketones (excluding diaryl/α,β-unsaturated/α-hetero) is 1. The fourth-order valence-electron chi connectivity index (χ4n) is 1.37. The van der Waals surface area contributed by atoms with E-state index in [1.54, 1.807) is 18.0 Å². The van der Waals surface area contributed by atoms with Gasteiger partial charge in [0, 0.05) is 17.1 Å². The Labute approximate surface area is 105 Å². The van der Waals surface area contributed by atoms with Crippen LogP contribution >= 0.6 is 11.8 Å². The van der Waals surface area contributed by atoms with E-state index in [4.69, 9.17) is 5.11 Å². The Kier molecular flexibility index (Phi) is 6.58. The third-order valence-corrected chi connectivity index (χ3v) is 3.24. The minimum absolute atomic E-state index is 0.0706. The highest BCUT2D eigenvalue weighted by Crippen LogP contribution is 2.18. The molecule has 0 spiro atoms. The number of aliphatic hydroxyl groups is 1. The Bertz CT molecular complexity index is 359. The quantitative estimate of drug-likeness (QED) is 0.565. The van der Waals surface area contributed by atoms with Crippen LogP contribution in [0.15, 0.2) is 29.2 Å². The molecule has 1 aromatic rings. The summed E-state index contributed by atoms with van der Waals surface area (Å²) in [5.41, 5.74) is 1.08. The lowest BCUT2D eigenvalue weighted by molar-refractivity contribution is -0.117. The van der Waals surface area contributed by atoms with E-state index in [1.807, 2.05) is 24.3 Å². The summed E-state index contributed by atoms with van der Waals surface area (Å²) in [4.78, 5) is 22.2. The zero-order valence-electron chi connectivity index (χ0n) is 9.52. The Morgan fingerprint density at radius 1 is 1.29 bits per heavy atom. The number of thioether (sulfide) groups is 1. The average molecular weight is 251 g/mol. The smallest absolute Gasteiger partial charge is 0.206 e. The molecular weight excluding hydrogens is 236 g/mol. The maximum atomic E-state index is 11.1. The molecule has 0 amide bonds. The highest BCUT2D eigenvalue weighted by molar-refractivity contribution is 7.99.